The first kappa shape index (κ1) is 19.9. The number of allylic oxidation sites excluding steroid dienone is 1. The van der Waals surface area contributed by atoms with Crippen molar-refractivity contribution in [1.29, 1.82) is 0 Å². The highest BCUT2D eigenvalue weighted by atomic mass is 32.2. The summed E-state index contributed by atoms with van der Waals surface area (Å²) in [6, 6.07) is 24.1. The SMILES string of the molecule is Cc1ccc(CNC=C2C(=O)c3ccccc3N(Cc3ccccc3)S2(=O)=O)cc1. The molecule has 0 saturated heterocycles. The molecule has 152 valence electrons. The van der Waals surface area contributed by atoms with Crippen molar-refractivity contribution in [2.45, 2.75) is 20.0 Å². The van der Waals surface area contributed by atoms with Gasteiger partial charge in [-0.25, -0.2) is 8.42 Å². The highest BCUT2D eigenvalue weighted by Gasteiger charge is 2.39. The van der Waals surface area contributed by atoms with Crippen molar-refractivity contribution >= 4 is 21.5 Å². The number of nitrogens with zero attached hydrogens (tertiary/aromatic N) is 1. The van der Waals surface area contributed by atoms with Crippen molar-refractivity contribution < 1.29 is 13.2 Å². The molecule has 3 aromatic rings. The van der Waals surface area contributed by atoms with Crippen LogP contribution in [-0.2, 0) is 23.1 Å². The Morgan fingerprint density at radius 2 is 1.53 bits per heavy atom. The zero-order chi connectivity index (χ0) is 21.1. The fraction of sp³-hybridized carbons (Fsp3) is 0.125. The number of carbonyl (C=O) groups excluding carboxylic acids is 1. The van der Waals surface area contributed by atoms with Crippen LogP contribution in [0.25, 0.3) is 0 Å². The largest absolute Gasteiger partial charge is 0.386 e. The van der Waals surface area contributed by atoms with E-state index in [1.54, 1.807) is 24.3 Å². The van der Waals surface area contributed by atoms with E-state index in [4.69, 9.17) is 0 Å². The number of Topliss-reactive ketones (excluding diaryl/α,β-unsaturated/α-hetero) is 1. The number of sulfonamides is 1. The zero-order valence-corrected chi connectivity index (χ0v) is 17.4. The van der Waals surface area contributed by atoms with Gasteiger partial charge in [0.1, 0.15) is 0 Å². The molecule has 1 heterocycles. The first-order valence-corrected chi connectivity index (χ1v) is 11.1. The molecule has 30 heavy (non-hydrogen) atoms. The number of nitrogens with one attached hydrogen (secondary N) is 1. The predicted molar refractivity (Wildman–Crippen MR) is 118 cm³/mol. The van der Waals surface area contributed by atoms with Gasteiger partial charge in [0, 0.05) is 18.3 Å². The summed E-state index contributed by atoms with van der Waals surface area (Å²) in [6.07, 6.45) is 1.32. The third-order valence-electron chi connectivity index (χ3n) is 5.04. The zero-order valence-electron chi connectivity index (χ0n) is 16.6. The maximum Gasteiger partial charge on any atom is 0.270 e. The average molecular weight is 419 g/mol. The third-order valence-corrected chi connectivity index (χ3v) is 6.80. The van der Waals surface area contributed by atoms with E-state index >= 15 is 0 Å². The van der Waals surface area contributed by atoms with Crippen LogP contribution in [0.2, 0.25) is 0 Å². The minimum Gasteiger partial charge on any atom is -0.386 e. The summed E-state index contributed by atoms with van der Waals surface area (Å²) in [5.74, 6) is -0.494. The maximum atomic E-state index is 13.4. The lowest BCUT2D eigenvalue weighted by Crippen LogP contribution is -2.39. The number of hydrogen-bond acceptors (Lipinski definition) is 4. The fourth-order valence-electron chi connectivity index (χ4n) is 3.41. The van der Waals surface area contributed by atoms with Crippen molar-refractivity contribution in [2.24, 2.45) is 0 Å². The second kappa shape index (κ2) is 8.16. The lowest BCUT2D eigenvalue weighted by atomic mass is 10.1. The van der Waals surface area contributed by atoms with Gasteiger partial charge >= 0.3 is 0 Å². The lowest BCUT2D eigenvalue weighted by Gasteiger charge is -2.31. The molecule has 0 unspecified atom stereocenters. The van der Waals surface area contributed by atoms with E-state index in [1.165, 1.54) is 10.5 Å². The van der Waals surface area contributed by atoms with Crippen LogP contribution in [0, 0.1) is 6.92 Å². The molecule has 3 aromatic carbocycles. The fourth-order valence-corrected chi connectivity index (χ4v) is 4.96. The van der Waals surface area contributed by atoms with Gasteiger partial charge in [-0.2, -0.15) is 0 Å². The standard InChI is InChI=1S/C24H22N2O3S/c1-18-11-13-19(14-12-18)15-25-16-23-24(27)21-9-5-6-10-22(21)26(30(23,28)29)17-20-7-3-2-4-8-20/h2-14,16,25H,15,17H2,1H3. The number of benzene rings is 3. The van der Waals surface area contributed by atoms with Gasteiger partial charge in [-0.1, -0.05) is 72.3 Å². The topological polar surface area (TPSA) is 66.5 Å². The lowest BCUT2D eigenvalue weighted by molar-refractivity contribution is 0.104. The van der Waals surface area contributed by atoms with Crippen LogP contribution in [-0.4, -0.2) is 14.2 Å². The molecule has 5 nitrogen and oxygen atoms in total. The number of aryl methyl sites for hydroxylation is 1. The van der Waals surface area contributed by atoms with E-state index in [0.29, 0.717) is 17.8 Å². The van der Waals surface area contributed by atoms with Gasteiger partial charge in [0.15, 0.2) is 4.91 Å². The van der Waals surface area contributed by atoms with E-state index in [0.717, 1.165) is 16.7 Å². The summed E-state index contributed by atoms with van der Waals surface area (Å²) in [5.41, 5.74) is 3.78. The molecular formula is C24H22N2O3S. The number of ketones is 1. The molecule has 1 N–H and O–H groups in total. The molecular weight excluding hydrogens is 396 g/mol. The van der Waals surface area contributed by atoms with Gasteiger partial charge in [-0.3, -0.25) is 9.10 Å². The summed E-state index contributed by atoms with van der Waals surface area (Å²) >= 11 is 0. The van der Waals surface area contributed by atoms with E-state index in [-0.39, 0.29) is 11.4 Å². The number of anilines is 1. The second-order valence-electron chi connectivity index (χ2n) is 7.22. The molecule has 0 bridgehead atoms. The molecule has 0 saturated carbocycles. The first-order chi connectivity index (χ1) is 14.5. The number of fused-ring (bicyclic) bond motifs is 1. The van der Waals surface area contributed by atoms with Crippen molar-refractivity contribution in [3.63, 3.8) is 0 Å². The molecule has 0 fully saturated rings. The number of carbonyl (C=O) groups is 1. The monoisotopic (exact) mass is 418 g/mol. The Bertz CT molecular complexity index is 1200. The predicted octanol–water partition coefficient (Wildman–Crippen LogP) is 4.16. The summed E-state index contributed by atoms with van der Waals surface area (Å²) < 4.78 is 28.1. The van der Waals surface area contributed by atoms with Gasteiger partial charge in [-0.05, 0) is 30.2 Å². The van der Waals surface area contributed by atoms with Gasteiger partial charge in [0.05, 0.1) is 12.2 Å². The third kappa shape index (κ3) is 3.86. The normalized spacial score (nSPS) is 16.4. The minimum atomic E-state index is -4.00. The Hall–Kier alpha value is -3.38. The Balaban J connectivity index is 1.68. The number of rotatable bonds is 5. The van der Waals surface area contributed by atoms with Crippen LogP contribution in [0.4, 0.5) is 5.69 Å². The highest BCUT2D eigenvalue weighted by Crippen LogP contribution is 2.35. The van der Waals surface area contributed by atoms with E-state index in [1.807, 2.05) is 61.5 Å². The Morgan fingerprint density at radius 1 is 0.867 bits per heavy atom. The van der Waals surface area contributed by atoms with Crippen LogP contribution in [0.1, 0.15) is 27.0 Å². The maximum absolute atomic E-state index is 13.4. The highest BCUT2D eigenvalue weighted by molar-refractivity contribution is 7.97. The Kier molecular flexibility index (Phi) is 5.42. The molecule has 4 rings (SSSR count). The van der Waals surface area contributed by atoms with Gasteiger partial charge in [0.25, 0.3) is 10.0 Å². The van der Waals surface area contributed by atoms with Crippen LogP contribution in [0.15, 0.2) is 90.0 Å². The summed E-state index contributed by atoms with van der Waals surface area (Å²) in [4.78, 5) is 12.8. The summed E-state index contributed by atoms with van der Waals surface area (Å²) in [7, 11) is -4.00. The molecule has 1 aliphatic rings. The molecule has 0 atom stereocenters. The molecule has 0 amide bonds. The quantitative estimate of drug-likeness (QED) is 0.632. The molecule has 1 aliphatic heterocycles. The molecule has 6 heteroatoms. The first-order valence-electron chi connectivity index (χ1n) is 9.66. The Morgan fingerprint density at radius 3 is 2.27 bits per heavy atom. The van der Waals surface area contributed by atoms with Gasteiger partial charge in [0.2, 0.25) is 5.78 Å². The van der Waals surface area contributed by atoms with Crippen molar-refractivity contribution in [1.82, 2.24) is 5.32 Å². The second-order valence-corrected chi connectivity index (χ2v) is 9.05. The van der Waals surface area contributed by atoms with Gasteiger partial charge < -0.3 is 5.32 Å². The summed E-state index contributed by atoms with van der Waals surface area (Å²) in [6.45, 7) is 2.58. The Labute approximate surface area is 176 Å². The molecule has 0 spiro atoms. The van der Waals surface area contributed by atoms with Gasteiger partial charge in [-0.15, -0.1) is 0 Å². The smallest absolute Gasteiger partial charge is 0.270 e. The van der Waals surface area contributed by atoms with Crippen molar-refractivity contribution in [2.75, 3.05) is 4.31 Å². The van der Waals surface area contributed by atoms with E-state index < -0.39 is 15.8 Å². The van der Waals surface area contributed by atoms with Crippen molar-refractivity contribution in [3.8, 4) is 0 Å². The van der Waals surface area contributed by atoms with Crippen LogP contribution >= 0.6 is 0 Å². The van der Waals surface area contributed by atoms with Crippen LogP contribution in [0.3, 0.4) is 0 Å². The van der Waals surface area contributed by atoms with Crippen LogP contribution < -0.4 is 9.62 Å². The number of hydrogen-bond donors (Lipinski definition) is 1. The molecule has 0 aromatic heterocycles. The van der Waals surface area contributed by atoms with E-state index in [9.17, 15) is 13.2 Å². The average Bonchev–Trinajstić information content (AvgIpc) is 2.76. The van der Waals surface area contributed by atoms with Crippen molar-refractivity contribution in [3.05, 3.63) is 112 Å². The molecule has 0 radical (unpaired) electrons. The number of para-hydroxylation sites is 1. The van der Waals surface area contributed by atoms with Crippen LogP contribution in [0.5, 0.6) is 0 Å². The summed E-state index contributed by atoms with van der Waals surface area (Å²) in [5, 5.41) is 3.00. The minimum absolute atomic E-state index is 0.156. The molecule has 0 aliphatic carbocycles. The van der Waals surface area contributed by atoms with E-state index in [2.05, 4.69) is 5.32 Å².